The van der Waals surface area contributed by atoms with Gasteiger partial charge in [-0.25, -0.2) is 4.39 Å². The summed E-state index contributed by atoms with van der Waals surface area (Å²) in [5, 5.41) is 1.93. The van der Waals surface area contributed by atoms with E-state index in [2.05, 4.69) is 0 Å². The molecule has 3 fully saturated rings. The average Bonchev–Trinajstić information content (AvgIpc) is 3.22. The number of hydrogen-bond donors (Lipinski definition) is 0. The zero-order valence-electron chi connectivity index (χ0n) is 15.2. The average molecular weight is 388 g/mol. The second kappa shape index (κ2) is 7.17. The van der Waals surface area contributed by atoms with E-state index in [0.29, 0.717) is 12.1 Å². The molecule has 4 nitrogen and oxygen atoms in total. The predicted molar refractivity (Wildman–Crippen MR) is 101 cm³/mol. The molecule has 4 heterocycles. The van der Waals surface area contributed by atoms with Gasteiger partial charge in [-0.3, -0.25) is 9.59 Å². The van der Waals surface area contributed by atoms with Gasteiger partial charge in [0, 0.05) is 19.3 Å². The van der Waals surface area contributed by atoms with Gasteiger partial charge in [0.05, 0.1) is 29.9 Å². The van der Waals surface area contributed by atoms with Crippen molar-refractivity contribution in [2.24, 2.45) is 5.41 Å². The molecule has 0 spiro atoms. The van der Waals surface area contributed by atoms with Gasteiger partial charge in [-0.1, -0.05) is 18.2 Å². The van der Waals surface area contributed by atoms with Crippen molar-refractivity contribution in [1.82, 2.24) is 0 Å². The van der Waals surface area contributed by atoms with E-state index in [1.54, 1.807) is 12.1 Å². The van der Waals surface area contributed by atoms with E-state index >= 15 is 0 Å². The number of quaternary nitrogens is 1. The molecule has 0 unspecified atom stereocenters. The lowest BCUT2D eigenvalue weighted by molar-refractivity contribution is -0.936. The number of piperidine rings is 3. The molecule has 0 saturated carbocycles. The summed E-state index contributed by atoms with van der Waals surface area (Å²) < 4.78 is 19.6. The van der Waals surface area contributed by atoms with Crippen LogP contribution in [-0.4, -0.2) is 42.4 Å². The van der Waals surface area contributed by atoms with Gasteiger partial charge in [0.15, 0.2) is 0 Å². The van der Waals surface area contributed by atoms with E-state index in [0.717, 1.165) is 48.3 Å². The summed E-state index contributed by atoms with van der Waals surface area (Å²) in [6, 6.07) is 9.94. The van der Waals surface area contributed by atoms with Crippen LogP contribution in [0.15, 0.2) is 41.8 Å². The van der Waals surface area contributed by atoms with Crippen LogP contribution >= 0.6 is 11.3 Å². The highest BCUT2D eigenvalue weighted by molar-refractivity contribution is 7.12. The number of nitrogens with zero attached hydrogens (tertiary/aromatic N) is 1. The quantitative estimate of drug-likeness (QED) is 0.429. The Morgan fingerprint density at radius 2 is 1.85 bits per heavy atom. The van der Waals surface area contributed by atoms with Crippen molar-refractivity contribution in [1.29, 1.82) is 0 Å². The Hall–Kier alpha value is -2.05. The Morgan fingerprint density at radius 3 is 2.48 bits per heavy atom. The second-order valence-electron chi connectivity index (χ2n) is 7.81. The molecule has 2 aromatic rings. The van der Waals surface area contributed by atoms with Crippen LogP contribution in [0.3, 0.4) is 0 Å². The first-order chi connectivity index (χ1) is 13.0. The number of esters is 1. The lowest BCUT2D eigenvalue weighted by atomic mass is 9.70. The molecule has 0 atom stereocenters. The zero-order chi connectivity index (χ0) is 18.9. The van der Waals surface area contributed by atoms with E-state index in [9.17, 15) is 14.0 Å². The molecule has 6 heteroatoms. The highest BCUT2D eigenvalue weighted by atomic mass is 32.1. The maximum Gasteiger partial charge on any atom is 0.313 e. The highest BCUT2D eigenvalue weighted by Crippen LogP contribution is 2.45. The van der Waals surface area contributed by atoms with Crippen molar-refractivity contribution in [3.8, 4) is 0 Å². The highest BCUT2D eigenvalue weighted by Gasteiger charge is 2.54. The lowest BCUT2D eigenvalue weighted by Gasteiger charge is -2.53. The minimum Gasteiger partial charge on any atom is -0.460 e. The molecule has 1 aromatic heterocycles. The molecule has 0 amide bonds. The summed E-state index contributed by atoms with van der Waals surface area (Å²) in [6.45, 7) is 3.15. The van der Waals surface area contributed by atoms with Gasteiger partial charge in [0.25, 0.3) is 0 Å². The van der Waals surface area contributed by atoms with Crippen molar-refractivity contribution in [3.05, 3.63) is 58.0 Å². The van der Waals surface area contributed by atoms with Crippen molar-refractivity contribution in [3.63, 3.8) is 0 Å². The van der Waals surface area contributed by atoms with Gasteiger partial charge in [-0.05, 0) is 29.1 Å². The van der Waals surface area contributed by atoms with E-state index in [1.165, 1.54) is 23.5 Å². The smallest absolute Gasteiger partial charge is 0.313 e. The van der Waals surface area contributed by atoms with Crippen LogP contribution in [0, 0.1) is 11.2 Å². The molecule has 3 saturated heterocycles. The maximum atomic E-state index is 13.3. The van der Waals surface area contributed by atoms with Crippen LogP contribution in [0.2, 0.25) is 0 Å². The first-order valence-electron chi connectivity index (χ1n) is 9.34. The Bertz CT molecular complexity index is 824. The van der Waals surface area contributed by atoms with Gasteiger partial charge < -0.3 is 9.22 Å². The van der Waals surface area contributed by atoms with Crippen molar-refractivity contribution in [2.75, 3.05) is 26.2 Å². The van der Waals surface area contributed by atoms with Crippen LogP contribution in [0.25, 0.3) is 0 Å². The van der Waals surface area contributed by atoms with Gasteiger partial charge in [-0.15, -0.1) is 11.3 Å². The van der Waals surface area contributed by atoms with Gasteiger partial charge in [0.1, 0.15) is 19.0 Å². The number of hydrogen-bond acceptors (Lipinski definition) is 4. The van der Waals surface area contributed by atoms with Gasteiger partial charge in [0.2, 0.25) is 5.78 Å². The van der Waals surface area contributed by atoms with Crippen LogP contribution < -0.4 is 0 Å². The lowest BCUT2D eigenvalue weighted by Crippen LogP contribution is -2.64. The number of fused-ring (bicyclic) bond motifs is 3. The standard InChI is InChI=1S/C21H23FNO3S/c22-17-4-1-3-16(13-17)15-26-20(25)21-6-9-23(10-7-21,11-8-21)14-18(24)19-5-2-12-27-19/h1-5,12-13H,6-11,14-15H2/q+1. The largest absolute Gasteiger partial charge is 0.460 e. The number of thiophene rings is 1. The summed E-state index contributed by atoms with van der Waals surface area (Å²) in [4.78, 5) is 26.1. The van der Waals surface area contributed by atoms with Crippen LogP contribution in [0.1, 0.15) is 34.5 Å². The number of ketones is 1. The number of ether oxygens (including phenoxy) is 1. The summed E-state index contributed by atoms with van der Waals surface area (Å²) in [5.74, 6) is -0.295. The fourth-order valence-corrected chi connectivity index (χ4v) is 5.01. The zero-order valence-corrected chi connectivity index (χ0v) is 16.0. The van der Waals surface area contributed by atoms with E-state index < -0.39 is 5.41 Å². The monoisotopic (exact) mass is 388 g/mol. The third kappa shape index (κ3) is 3.69. The minimum atomic E-state index is -0.431. The Labute approximate surface area is 162 Å². The van der Waals surface area contributed by atoms with Crippen molar-refractivity contribution in [2.45, 2.75) is 25.9 Å². The van der Waals surface area contributed by atoms with Gasteiger partial charge >= 0.3 is 5.97 Å². The normalized spacial score (nSPS) is 26.7. The van der Waals surface area contributed by atoms with Crippen LogP contribution in [0.5, 0.6) is 0 Å². The number of halogens is 1. The number of carbonyl (C=O) groups is 2. The number of rotatable bonds is 6. The molecule has 0 radical (unpaired) electrons. The number of Topliss-reactive ketones (excluding diaryl/α,β-unsaturated/α-hetero) is 1. The minimum absolute atomic E-state index is 0.106. The second-order valence-corrected chi connectivity index (χ2v) is 8.76. The maximum absolute atomic E-state index is 13.3. The molecule has 3 aliphatic rings. The van der Waals surface area contributed by atoms with Crippen molar-refractivity contribution >= 4 is 23.1 Å². The summed E-state index contributed by atoms with van der Waals surface area (Å²) in [7, 11) is 0. The molecule has 1 aromatic carbocycles. The summed E-state index contributed by atoms with van der Waals surface area (Å²) >= 11 is 1.49. The van der Waals surface area contributed by atoms with Crippen molar-refractivity contribution < 1.29 is 23.2 Å². The molecule has 0 N–H and O–H groups in total. The molecule has 2 bridgehead atoms. The molecule has 0 aliphatic carbocycles. The number of carbonyl (C=O) groups excluding carboxylic acids is 2. The molecule has 27 heavy (non-hydrogen) atoms. The number of benzene rings is 1. The molecule has 3 aliphatic heterocycles. The first-order valence-corrected chi connectivity index (χ1v) is 10.2. The Balaban J connectivity index is 1.36. The summed E-state index contributed by atoms with van der Waals surface area (Å²) in [6.07, 6.45) is 2.27. The van der Waals surface area contributed by atoms with E-state index in [1.807, 2.05) is 17.5 Å². The van der Waals surface area contributed by atoms with Gasteiger partial charge in [-0.2, -0.15) is 0 Å². The Morgan fingerprint density at radius 1 is 1.11 bits per heavy atom. The predicted octanol–water partition coefficient (Wildman–Crippen LogP) is 3.81. The molecule has 142 valence electrons. The fourth-order valence-electron chi connectivity index (χ4n) is 4.36. The molecular formula is C21H23FNO3S+. The third-order valence-corrected chi connectivity index (χ3v) is 7.07. The van der Waals surface area contributed by atoms with Crippen LogP contribution in [-0.2, 0) is 16.1 Å². The van der Waals surface area contributed by atoms with E-state index in [-0.39, 0.29) is 24.2 Å². The topological polar surface area (TPSA) is 43.4 Å². The molecule has 5 rings (SSSR count). The molecular weight excluding hydrogens is 365 g/mol. The Kier molecular flexibility index (Phi) is 4.86. The third-order valence-electron chi connectivity index (χ3n) is 6.16. The SMILES string of the molecule is O=C(C[N+]12CCC(C(=O)OCc3cccc(F)c3)(CC1)CC2)c1cccs1. The summed E-state index contributed by atoms with van der Waals surface area (Å²) in [5.41, 5.74) is 0.234. The van der Waals surface area contributed by atoms with E-state index in [4.69, 9.17) is 4.74 Å². The first kappa shape index (κ1) is 18.3. The van der Waals surface area contributed by atoms with Crippen LogP contribution in [0.4, 0.5) is 4.39 Å². The fraction of sp³-hybridized carbons (Fsp3) is 0.429.